The number of rotatable bonds is 4. The van der Waals surface area contributed by atoms with E-state index in [0.717, 1.165) is 10.7 Å². The molecule has 7 heteroatoms. The number of aryl methyl sites for hydroxylation is 1. The third kappa shape index (κ3) is 2.38. The first-order chi connectivity index (χ1) is 7.25. The van der Waals surface area contributed by atoms with Gasteiger partial charge in [-0.25, -0.2) is 4.98 Å². The van der Waals surface area contributed by atoms with Crippen LogP contribution in [0.5, 0.6) is 0 Å². The van der Waals surface area contributed by atoms with Gasteiger partial charge in [0.05, 0.1) is 18.3 Å². The molecule has 78 valence electrons. The van der Waals surface area contributed by atoms with Crippen molar-refractivity contribution >= 4 is 17.3 Å². The Labute approximate surface area is 89.0 Å². The molecule has 2 rings (SSSR count). The number of carboxylic acid groups (broad SMARTS) is 1. The van der Waals surface area contributed by atoms with Crippen molar-refractivity contribution in [3.8, 4) is 10.7 Å². The van der Waals surface area contributed by atoms with Crippen LogP contribution < -0.4 is 0 Å². The highest BCUT2D eigenvalue weighted by Gasteiger charge is 2.08. The summed E-state index contributed by atoms with van der Waals surface area (Å²) >= 11 is 1.43. The Morgan fingerprint density at radius 3 is 3.13 bits per heavy atom. The summed E-state index contributed by atoms with van der Waals surface area (Å²) < 4.78 is 0. The summed E-state index contributed by atoms with van der Waals surface area (Å²) in [5, 5.41) is 21.2. The van der Waals surface area contributed by atoms with E-state index in [1.54, 1.807) is 6.20 Å². The minimum absolute atomic E-state index is 0.0992. The highest BCUT2D eigenvalue weighted by Crippen LogP contribution is 2.21. The first-order valence-corrected chi connectivity index (χ1v) is 5.16. The summed E-state index contributed by atoms with van der Waals surface area (Å²) in [5.41, 5.74) is 1.46. The third-order valence-electron chi connectivity index (χ3n) is 1.78. The zero-order valence-electron chi connectivity index (χ0n) is 7.67. The summed E-state index contributed by atoms with van der Waals surface area (Å²) in [6.45, 7) is 0. The van der Waals surface area contributed by atoms with Gasteiger partial charge in [0.1, 0.15) is 10.7 Å². The van der Waals surface area contributed by atoms with Gasteiger partial charge in [-0.15, -0.1) is 11.3 Å². The number of thiazole rings is 1. The Bertz CT molecular complexity index is 451. The molecule has 2 aromatic rings. The van der Waals surface area contributed by atoms with E-state index >= 15 is 0 Å². The number of aromatic nitrogens is 4. The molecule has 0 bridgehead atoms. The highest BCUT2D eigenvalue weighted by molar-refractivity contribution is 7.13. The lowest BCUT2D eigenvalue weighted by atomic mass is 10.2. The molecule has 0 radical (unpaired) electrons. The number of carboxylic acids is 1. The largest absolute Gasteiger partial charge is 0.481 e. The van der Waals surface area contributed by atoms with Gasteiger partial charge >= 0.3 is 5.97 Å². The van der Waals surface area contributed by atoms with Crippen molar-refractivity contribution in [3.05, 3.63) is 17.3 Å². The van der Waals surface area contributed by atoms with Crippen LogP contribution in [0.3, 0.4) is 0 Å². The van der Waals surface area contributed by atoms with Gasteiger partial charge in [-0.05, 0) is 0 Å². The number of carbonyl (C=O) groups is 1. The van der Waals surface area contributed by atoms with Crippen LogP contribution in [0.25, 0.3) is 10.7 Å². The lowest BCUT2D eigenvalue weighted by Gasteiger charge is -1.90. The van der Waals surface area contributed by atoms with Crippen LogP contribution >= 0.6 is 11.3 Å². The second-order valence-corrected chi connectivity index (χ2v) is 3.75. The van der Waals surface area contributed by atoms with Crippen molar-refractivity contribution in [1.29, 1.82) is 0 Å². The summed E-state index contributed by atoms with van der Waals surface area (Å²) in [4.78, 5) is 14.6. The smallest absolute Gasteiger partial charge is 0.303 e. The van der Waals surface area contributed by atoms with E-state index in [-0.39, 0.29) is 6.42 Å². The highest BCUT2D eigenvalue weighted by atomic mass is 32.1. The second kappa shape index (κ2) is 4.18. The van der Waals surface area contributed by atoms with Crippen LogP contribution in [0.15, 0.2) is 11.6 Å². The average Bonchev–Trinajstić information content (AvgIpc) is 2.85. The predicted molar refractivity (Wildman–Crippen MR) is 53.4 cm³/mol. The monoisotopic (exact) mass is 224 g/mol. The Morgan fingerprint density at radius 1 is 1.60 bits per heavy atom. The summed E-state index contributed by atoms with van der Waals surface area (Å²) in [5.74, 6) is -0.814. The second-order valence-electron chi connectivity index (χ2n) is 2.89. The number of nitrogens with one attached hydrogen (secondary N) is 1. The molecule has 15 heavy (non-hydrogen) atoms. The van der Waals surface area contributed by atoms with Gasteiger partial charge in [0.2, 0.25) is 0 Å². The van der Waals surface area contributed by atoms with Crippen LogP contribution in [-0.2, 0) is 11.2 Å². The number of aromatic amines is 1. The lowest BCUT2D eigenvalue weighted by Crippen LogP contribution is -1.97. The molecule has 0 aromatic carbocycles. The van der Waals surface area contributed by atoms with Crippen molar-refractivity contribution in [2.75, 3.05) is 0 Å². The van der Waals surface area contributed by atoms with Crippen molar-refractivity contribution in [2.45, 2.75) is 12.8 Å². The van der Waals surface area contributed by atoms with Gasteiger partial charge in [-0.1, -0.05) is 0 Å². The quantitative estimate of drug-likeness (QED) is 0.806. The number of aliphatic carboxylic acids is 1. The van der Waals surface area contributed by atoms with Crippen molar-refractivity contribution in [3.63, 3.8) is 0 Å². The van der Waals surface area contributed by atoms with Crippen LogP contribution in [0.4, 0.5) is 0 Å². The minimum Gasteiger partial charge on any atom is -0.481 e. The maximum atomic E-state index is 10.4. The predicted octanol–water partition coefficient (Wildman–Crippen LogP) is 0.945. The van der Waals surface area contributed by atoms with Gasteiger partial charge < -0.3 is 5.11 Å². The van der Waals surface area contributed by atoms with Gasteiger partial charge in [0.15, 0.2) is 0 Å². The van der Waals surface area contributed by atoms with Gasteiger partial charge in [0, 0.05) is 11.8 Å². The molecule has 6 nitrogen and oxygen atoms in total. The fraction of sp³-hybridized carbons (Fsp3) is 0.250. The number of hydrogen-bond acceptors (Lipinski definition) is 5. The Morgan fingerprint density at radius 2 is 2.47 bits per heavy atom. The van der Waals surface area contributed by atoms with Crippen LogP contribution in [0, 0.1) is 0 Å². The van der Waals surface area contributed by atoms with Gasteiger partial charge in [-0.2, -0.15) is 15.4 Å². The summed E-state index contributed by atoms with van der Waals surface area (Å²) in [6.07, 6.45) is 2.13. The first-order valence-electron chi connectivity index (χ1n) is 4.28. The molecule has 0 atom stereocenters. The molecule has 0 aliphatic rings. The molecule has 0 saturated carbocycles. The van der Waals surface area contributed by atoms with Crippen molar-refractivity contribution in [1.82, 2.24) is 20.4 Å². The molecular weight excluding hydrogens is 216 g/mol. The molecule has 0 amide bonds. The van der Waals surface area contributed by atoms with Crippen LogP contribution in [0.1, 0.15) is 12.1 Å². The lowest BCUT2D eigenvalue weighted by molar-refractivity contribution is -0.136. The van der Waals surface area contributed by atoms with E-state index in [4.69, 9.17) is 5.11 Å². The molecule has 0 spiro atoms. The van der Waals surface area contributed by atoms with Crippen molar-refractivity contribution in [2.24, 2.45) is 0 Å². The standard InChI is InChI=1S/C8H8N4O2S/c13-7(14)2-1-5-4-15-8(10-5)6-3-9-12-11-6/h3-4H,1-2H2,(H,13,14)(H,9,11,12). The van der Waals surface area contributed by atoms with Crippen molar-refractivity contribution < 1.29 is 9.90 Å². The molecule has 2 heterocycles. The zero-order valence-corrected chi connectivity index (χ0v) is 8.49. The van der Waals surface area contributed by atoms with E-state index in [9.17, 15) is 4.79 Å². The topological polar surface area (TPSA) is 91.8 Å². The van der Waals surface area contributed by atoms with Crippen LogP contribution in [-0.4, -0.2) is 31.5 Å². The van der Waals surface area contributed by atoms with E-state index < -0.39 is 5.97 Å². The van der Waals surface area contributed by atoms with Crippen LogP contribution in [0.2, 0.25) is 0 Å². The molecule has 0 saturated heterocycles. The normalized spacial score (nSPS) is 10.4. The molecule has 0 unspecified atom stereocenters. The Kier molecular flexibility index (Phi) is 2.72. The van der Waals surface area contributed by atoms with E-state index in [1.165, 1.54) is 11.3 Å². The number of hydrogen-bond donors (Lipinski definition) is 2. The number of H-pyrrole nitrogens is 1. The number of nitrogens with zero attached hydrogens (tertiary/aromatic N) is 3. The first kappa shape index (κ1) is 9.78. The molecule has 2 aromatic heterocycles. The van der Waals surface area contributed by atoms with Gasteiger partial charge in [-0.3, -0.25) is 4.79 Å². The SMILES string of the molecule is O=C(O)CCc1csc(-c2cn[nH]n2)n1. The fourth-order valence-electron chi connectivity index (χ4n) is 1.08. The molecule has 0 fully saturated rings. The zero-order chi connectivity index (χ0) is 10.7. The van der Waals surface area contributed by atoms with E-state index in [0.29, 0.717) is 12.1 Å². The molecule has 2 N–H and O–H groups in total. The van der Waals surface area contributed by atoms with E-state index in [1.807, 2.05) is 5.38 Å². The summed E-state index contributed by atoms with van der Waals surface area (Å²) in [7, 11) is 0. The minimum atomic E-state index is -0.814. The average molecular weight is 224 g/mol. The van der Waals surface area contributed by atoms with Gasteiger partial charge in [0.25, 0.3) is 0 Å². The maximum Gasteiger partial charge on any atom is 0.303 e. The Balaban J connectivity index is 2.08. The summed E-state index contributed by atoms with van der Waals surface area (Å²) in [6, 6.07) is 0. The fourth-order valence-corrected chi connectivity index (χ4v) is 1.89. The molecule has 0 aliphatic carbocycles. The molecule has 0 aliphatic heterocycles. The third-order valence-corrected chi connectivity index (χ3v) is 2.69. The van der Waals surface area contributed by atoms with E-state index in [2.05, 4.69) is 20.4 Å². The maximum absolute atomic E-state index is 10.4. The molecular formula is C8H8N4O2S. The Hall–Kier alpha value is -1.76.